The second-order valence-corrected chi connectivity index (χ2v) is 7.93. The summed E-state index contributed by atoms with van der Waals surface area (Å²) in [6.07, 6.45) is 1.48. The Labute approximate surface area is 214 Å². The number of methoxy groups -OCH3 is 2. The maximum atomic E-state index is 12.6. The number of nitrogens with one attached hydrogen (secondary N) is 3. The lowest BCUT2D eigenvalue weighted by molar-refractivity contribution is -0.139. The lowest BCUT2D eigenvalue weighted by Crippen LogP contribution is -2.45. The molecule has 0 unspecified atom stereocenters. The Balaban J connectivity index is 1.69. The molecule has 1 heterocycles. The van der Waals surface area contributed by atoms with Crippen LogP contribution in [0, 0.1) is 0 Å². The molecular weight excluding hydrogens is 484 g/mol. The third-order valence-corrected chi connectivity index (χ3v) is 5.38. The number of amides is 1. The SMILES string of the molecule is CCOC(=O)C1=C(C)NC(=S)N[C@@H]1c1ccccc1OCC(=O)NN=Cc1ccc(OC)c(OC)c1. The van der Waals surface area contributed by atoms with Crippen molar-refractivity contribution < 1.29 is 28.5 Å². The Hall–Kier alpha value is -4.12. The quantitative estimate of drug-likeness (QED) is 0.191. The van der Waals surface area contributed by atoms with Gasteiger partial charge in [-0.1, -0.05) is 18.2 Å². The highest BCUT2D eigenvalue weighted by atomic mass is 32.1. The van der Waals surface area contributed by atoms with Crippen molar-refractivity contribution in [3.63, 3.8) is 0 Å². The average molecular weight is 513 g/mol. The predicted molar refractivity (Wildman–Crippen MR) is 138 cm³/mol. The van der Waals surface area contributed by atoms with Crippen molar-refractivity contribution in [3.05, 3.63) is 64.9 Å². The Bertz CT molecular complexity index is 1200. The average Bonchev–Trinajstić information content (AvgIpc) is 2.87. The van der Waals surface area contributed by atoms with E-state index in [-0.39, 0.29) is 13.2 Å². The minimum atomic E-state index is -0.611. The first kappa shape index (κ1) is 26.5. The van der Waals surface area contributed by atoms with Gasteiger partial charge in [-0.3, -0.25) is 4.79 Å². The van der Waals surface area contributed by atoms with Gasteiger partial charge in [0.2, 0.25) is 0 Å². The van der Waals surface area contributed by atoms with E-state index in [9.17, 15) is 9.59 Å². The number of carbonyl (C=O) groups excluding carboxylic acids is 2. The number of rotatable bonds is 10. The number of hydrogen-bond acceptors (Lipinski definition) is 8. The van der Waals surface area contributed by atoms with Crippen LogP contribution in [0.5, 0.6) is 17.2 Å². The van der Waals surface area contributed by atoms with E-state index in [2.05, 4.69) is 21.2 Å². The molecule has 1 aliphatic rings. The van der Waals surface area contributed by atoms with Crippen LogP contribution in [0.3, 0.4) is 0 Å². The summed E-state index contributed by atoms with van der Waals surface area (Å²) in [6, 6.07) is 11.7. The van der Waals surface area contributed by atoms with Gasteiger partial charge in [0.15, 0.2) is 23.2 Å². The van der Waals surface area contributed by atoms with E-state index in [1.54, 1.807) is 63.4 Å². The van der Waals surface area contributed by atoms with Crippen LogP contribution in [-0.2, 0) is 14.3 Å². The Morgan fingerprint density at radius 3 is 2.58 bits per heavy atom. The molecular formula is C25H28N4O6S. The molecule has 2 aromatic carbocycles. The molecule has 0 aromatic heterocycles. The summed E-state index contributed by atoms with van der Waals surface area (Å²) in [5, 5.41) is 10.4. The van der Waals surface area contributed by atoms with E-state index in [0.29, 0.717) is 44.8 Å². The van der Waals surface area contributed by atoms with Gasteiger partial charge >= 0.3 is 5.97 Å². The van der Waals surface area contributed by atoms with Crippen LogP contribution in [0.2, 0.25) is 0 Å². The number of hydrazone groups is 1. The number of ether oxygens (including phenoxy) is 4. The highest BCUT2D eigenvalue weighted by Gasteiger charge is 2.32. The third kappa shape index (κ3) is 6.51. The van der Waals surface area contributed by atoms with E-state index in [4.69, 9.17) is 31.2 Å². The number of hydrogen-bond donors (Lipinski definition) is 3. The second-order valence-electron chi connectivity index (χ2n) is 7.52. The molecule has 36 heavy (non-hydrogen) atoms. The van der Waals surface area contributed by atoms with E-state index < -0.39 is 17.9 Å². The summed E-state index contributed by atoms with van der Waals surface area (Å²) in [5.41, 5.74) is 4.73. The van der Waals surface area contributed by atoms with Crippen LogP contribution < -0.4 is 30.3 Å². The molecule has 3 N–H and O–H groups in total. The van der Waals surface area contributed by atoms with Gasteiger partial charge in [-0.25, -0.2) is 10.2 Å². The molecule has 0 saturated heterocycles. The first-order chi connectivity index (χ1) is 17.4. The first-order valence-corrected chi connectivity index (χ1v) is 11.5. The van der Waals surface area contributed by atoms with Crippen LogP contribution in [0.4, 0.5) is 0 Å². The Morgan fingerprint density at radius 1 is 1.11 bits per heavy atom. The molecule has 3 rings (SSSR count). The van der Waals surface area contributed by atoms with Gasteiger partial charge in [0.25, 0.3) is 5.91 Å². The summed E-state index contributed by atoms with van der Waals surface area (Å²) in [4.78, 5) is 25.0. The summed E-state index contributed by atoms with van der Waals surface area (Å²) < 4.78 is 21.5. The number of para-hydroxylation sites is 1. The van der Waals surface area contributed by atoms with Crippen molar-refractivity contribution in [1.29, 1.82) is 0 Å². The summed E-state index contributed by atoms with van der Waals surface area (Å²) in [7, 11) is 3.09. The van der Waals surface area contributed by atoms with Crippen molar-refractivity contribution in [3.8, 4) is 17.2 Å². The van der Waals surface area contributed by atoms with Crippen molar-refractivity contribution in [2.75, 3.05) is 27.4 Å². The van der Waals surface area contributed by atoms with Crippen LogP contribution in [0.1, 0.15) is 31.0 Å². The molecule has 1 amide bonds. The van der Waals surface area contributed by atoms with Crippen LogP contribution in [-0.4, -0.2) is 50.6 Å². The Morgan fingerprint density at radius 2 is 1.86 bits per heavy atom. The highest BCUT2D eigenvalue weighted by Crippen LogP contribution is 2.33. The van der Waals surface area contributed by atoms with Crippen LogP contribution in [0.25, 0.3) is 0 Å². The van der Waals surface area contributed by atoms with Gasteiger partial charge in [-0.2, -0.15) is 5.10 Å². The molecule has 0 fully saturated rings. The minimum absolute atomic E-state index is 0.231. The van der Waals surface area contributed by atoms with E-state index in [1.807, 2.05) is 0 Å². The van der Waals surface area contributed by atoms with Crippen molar-refractivity contribution in [2.45, 2.75) is 19.9 Å². The normalized spacial score (nSPS) is 15.1. The number of esters is 1. The van der Waals surface area contributed by atoms with Crippen molar-refractivity contribution in [2.24, 2.45) is 5.10 Å². The molecule has 0 radical (unpaired) electrons. The smallest absolute Gasteiger partial charge is 0.338 e. The number of nitrogens with zero attached hydrogens (tertiary/aromatic N) is 1. The van der Waals surface area contributed by atoms with Gasteiger partial charge in [0.05, 0.1) is 38.7 Å². The zero-order valence-electron chi connectivity index (χ0n) is 20.4. The molecule has 1 aliphatic heterocycles. The fraction of sp³-hybridized carbons (Fsp3) is 0.280. The largest absolute Gasteiger partial charge is 0.493 e. The molecule has 0 saturated carbocycles. The van der Waals surface area contributed by atoms with Crippen molar-refractivity contribution >= 4 is 35.4 Å². The van der Waals surface area contributed by atoms with Gasteiger partial charge < -0.3 is 29.6 Å². The maximum Gasteiger partial charge on any atom is 0.338 e. The lowest BCUT2D eigenvalue weighted by atomic mass is 9.95. The molecule has 2 aromatic rings. The van der Waals surface area contributed by atoms with Crippen molar-refractivity contribution in [1.82, 2.24) is 16.1 Å². The first-order valence-electron chi connectivity index (χ1n) is 11.1. The summed E-state index contributed by atoms with van der Waals surface area (Å²) in [5.74, 6) is 0.608. The molecule has 0 spiro atoms. The van der Waals surface area contributed by atoms with Gasteiger partial charge in [-0.05, 0) is 55.9 Å². The topological polar surface area (TPSA) is 120 Å². The van der Waals surface area contributed by atoms with E-state index in [0.717, 1.165) is 0 Å². The van der Waals surface area contributed by atoms with Crippen LogP contribution in [0.15, 0.2) is 58.8 Å². The highest BCUT2D eigenvalue weighted by molar-refractivity contribution is 7.80. The third-order valence-electron chi connectivity index (χ3n) is 5.16. The molecule has 10 nitrogen and oxygen atoms in total. The zero-order chi connectivity index (χ0) is 26.1. The zero-order valence-corrected chi connectivity index (χ0v) is 21.2. The number of allylic oxidation sites excluding steroid dienone is 1. The minimum Gasteiger partial charge on any atom is -0.493 e. The summed E-state index contributed by atoms with van der Waals surface area (Å²) in [6.45, 7) is 3.42. The molecule has 0 bridgehead atoms. The monoisotopic (exact) mass is 512 g/mol. The summed E-state index contributed by atoms with van der Waals surface area (Å²) >= 11 is 5.29. The number of thiocarbonyl (C=S) groups is 1. The van der Waals surface area contributed by atoms with E-state index in [1.165, 1.54) is 13.3 Å². The number of benzene rings is 2. The van der Waals surface area contributed by atoms with Gasteiger partial charge in [0, 0.05) is 11.3 Å². The fourth-order valence-electron chi connectivity index (χ4n) is 3.54. The number of carbonyl (C=O) groups is 2. The maximum absolute atomic E-state index is 12.6. The molecule has 0 aliphatic carbocycles. The molecule has 11 heteroatoms. The van der Waals surface area contributed by atoms with Crippen LogP contribution >= 0.6 is 12.2 Å². The van der Waals surface area contributed by atoms with E-state index >= 15 is 0 Å². The molecule has 190 valence electrons. The second kappa shape index (κ2) is 12.5. The fourth-order valence-corrected chi connectivity index (χ4v) is 3.82. The predicted octanol–water partition coefficient (Wildman–Crippen LogP) is 2.59. The van der Waals surface area contributed by atoms with Gasteiger partial charge in [0.1, 0.15) is 5.75 Å². The lowest BCUT2D eigenvalue weighted by Gasteiger charge is -2.30. The van der Waals surface area contributed by atoms with Gasteiger partial charge in [-0.15, -0.1) is 0 Å². The standard InChI is InChI=1S/C25H28N4O6S/c1-5-34-24(31)22-15(2)27-25(36)28-23(22)17-8-6-7-9-18(17)35-14-21(30)29-26-13-16-10-11-19(32-3)20(12-16)33-4/h6-13,23H,5,14H2,1-4H3,(H,29,30)(H2,27,28,36)/t23-/m1/s1. The Kier molecular flexibility index (Phi) is 9.23. The molecule has 1 atom stereocenters.